The molecule has 0 bridgehead atoms. The zero-order valence-corrected chi connectivity index (χ0v) is 20.5. The Hall–Kier alpha value is -2.44. The molecule has 1 amide bonds. The van der Waals surface area contributed by atoms with E-state index in [9.17, 15) is 22.0 Å². The lowest BCUT2D eigenvalue weighted by molar-refractivity contribution is -0.0440. The molecule has 1 N–H and O–H groups in total. The third-order valence-electron chi connectivity index (χ3n) is 5.13. The lowest BCUT2D eigenvalue weighted by atomic mass is 10.1. The fraction of sp³-hybridized carbons (Fsp3) is 0.273. The van der Waals surface area contributed by atoms with Gasteiger partial charge in [-0.05, 0) is 50.2 Å². The van der Waals surface area contributed by atoms with Gasteiger partial charge in [0.1, 0.15) is 16.5 Å². The van der Waals surface area contributed by atoms with E-state index in [4.69, 9.17) is 16.3 Å². The third kappa shape index (κ3) is 5.13. The summed E-state index contributed by atoms with van der Waals surface area (Å²) in [6.45, 7) is 3.89. The van der Waals surface area contributed by atoms with Crippen LogP contribution in [0.15, 0.2) is 46.7 Å². The summed E-state index contributed by atoms with van der Waals surface area (Å²) in [6.07, 6.45) is -0.573. The number of thiazole rings is 1. The number of hydrogen-bond donors (Lipinski definition) is 1. The highest BCUT2D eigenvalue weighted by Gasteiger charge is 2.34. The van der Waals surface area contributed by atoms with Crippen LogP contribution in [-0.4, -0.2) is 48.9 Å². The number of nitrogens with zero attached hydrogens (tertiary/aromatic N) is 2. The molecule has 4 rings (SSSR count). The average molecular weight is 528 g/mol. The first-order chi connectivity index (χ1) is 16.0. The topological polar surface area (TPSA) is 88.6 Å². The van der Waals surface area contributed by atoms with E-state index in [1.54, 1.807) is 13.8 Å². The van der Waals surface area contributed by atoms with E-state index >= 15 is 0 Å². The minimum atomic E-state index is -3.98. The van der Waals surface area contributed by atoms with Gasteiger partial charge in [-0.1, -0.05) is 11.6 Å². The first-order valence-corrected chi connectivity index (χ1v) is 12.9. The second-order valence-electron chi connectivity index (χ2n) is 7.84. The second-order valence-corrected chi connectivity index (χ2v) is 11.0. The Morgan fingerprint density at radius 1 is 1.18 bits per heavy atom. The quantitative estimate of drug-likeness (QED) is 0.515. The molecule has 12 heteroatoms. The van der Waals surface area contributed by atoms with Crippen LogP contribution < -0.4 is 5.32 Å². The highest BCUT2D eigenvalue weighted by molar-refractivity contribution is 7.89. The molecule has 0 saturated carbocycles. The molecule has 3 aromatic rings. The molecule has 2 atom stereocenters. The number of aromatic nitrogens is 1. The molecule has 2 heterocycles. The summed E-state index contributed by atoms with van der Waals surface area (Å²) in [5.74, 6) is -1.89. The summed E-state index contributed by atoms with van der Waals surface area (Å²) in [5.41, 5.74) is 0.170. The number of hydrogen-bond acceptors (Lipinski definition) is 6. The fourth-order valence-electron chi connectivity index (χ4n) is 3.63. The molecule has 1 aromatic heterocycles. The molecule has 1 saturated heterocycles. The standard InChI is InChI=1S/C22H20ClF2N3O4S2/c1-12-9-28(10-13(2)32-12)34(30,31)20-7-14(3-5-17(20)23)21(29)27-22-26-19(11-33-22)16-8-15(24)4-6-18(16)25/h3-8,11-13H,9-10H2,1-2H3,(H,26,27,29). The molecule has 0 spiro atoms. The summed E-state index contributed by atoms with van der Waals surface area (Å²) in [6, 6.07) is 6.94. The zero-order chi connectivity index (χ0) is 24.6. The van der Waals surface area contributed by atoms with Crippen LogP contribution in [0.2, 0.25) is 5.02 Å². The zero-order valence-electron chi connectivity index (χ0n) is 18.1. The van der Waals surface area contributed by atoms with Crippen LogP contribution in [0, 0.1) is 11.6 Å². The van der Waals surface area contributed by atoms with Gasteiger partial charge in [-0.25, -0.2) is 22.2 Å². The van der Waals surface area contributed by atoms with E-state index in [0.29, 0.717) is 0 Å². The predicted octanol–water partition coefficient (Wildman–Crippen LogP) is 4.79. The van der Waals surface area contributed by atoms with E-state index in [1.807, 2.05) is 0 Å². The molecule has 180 valence electrons. The Bertz CT molecular complexity index is 1340. The van der Waals surface area contributed by atoms with E-state index in [0.717, 1.165) is 29.5 Å². The van der Waals surface area contributed by atoms with Crippen molar-refractivity contribution in [1.82, 2.24) is 9.29 Å². The number of morpholine rings is 1. The van der Waals surface area contributed by atoms with Gasteiger partial charge in [-0.15, -0.1) is 11.3 Å². The van der Waals surface area contributed by atoms with Crippen LogP contribution in [0.1, 0.15) is 24.2 Å². The maximum absolute atomic E-state index is 14.0. The van der Waals surface area contributed by atoms with Crippen molar-refractivity contribution in [2.75, 3.05) is 18.4 Å². The van der Waals surface area contributed by atoms with Gasteiger partial charge < -0.3 is 4.74 Å². The molecule has 7 nitrogen and oxygen atoms in total. The number of anilines is 1. The number of rotatable bonds is 5. The number of carbonyl (C=O) groups is 1. The van der Waals surface area contributed by atoms with Gasteiger partial charge in [-0.2, -0.15) is 4.31 Å². The number of ether oxygens (including phenoxy) is 1. The molecule has 1 aliphatic heterocycles. The number of carbonyl (C=O) groups excluding carboxylic acids is 1. The van der Waals surface area contributed by atoms with Gasteiger partial charge in [0.15, 0.2) is 5.13 Å². The second kappa shape index (κ2) is 9.67. The molecular formula is C22H20ClF2N3O4S2. The Balaban J connectivity index is 1.57. The van der Waals surface area contributed by atoms with Crippen molar-refractivity contribution in [1.29, 1.82) is 0 Å². The molecule has 2 unspecified atom stereocenters. The van der Waals surface area contributed by atoms with Crippen LogP contribution in [0.5, 0.6) is 0 Å². The van der Waals surface area contributed by atoms with E-state index in [-0.39, 0.29) is 57.2 Å². The van der Waals surface area contributed by atoms with Gasteiger partial charge in [0.2, 0.25) is 10.0 Å². The van der Waals surface area contributed by atoms with Crippen molar-refractivity contribution < 1.29 is 26.7 Å². The van der Waals surface area contributed by atoms with Gasteiger partial charge in [-0.3, -0.25) is 10.1 Å². The van der Waals surface area contributed by atoms with Crippen molar-refractivity contribution >= 4 is 44.0 Å². The lowest BCUT2D eigenvalue weighted by Gasteiger charge is -2.34. The summed E-state index contributed by atoms with van der Waals surface area (Å²) in [5, 5.41) is 4.16. The highest BCUT2D eigenvalue weighted by Crippen LogP contribution is 2.30. The molecular weight excluding hydrogens is 508 g/mol. The van der Waals surface area contributed by atoms with E-state index in [2.05, 4.69) is 10.3 Å². The summed E-state index contributed by atoms with van der Waals surface area (Å²) in [7, 11) is -3.98. The van der Waals surface area contributed by atoms with Crippen LogP contribution >= 0.6 is 22.9 Å². The van der Waals surface area contributed by atoms with Crippen molar-refractivity contribution in [3.8, 4) is 11.3 Å². The Labute approximate surface area is 204 Å². The normalized spacial score (nSPS) is 19.2. The summed E-state index contributed by atoms with van der Waals surface area (Å²) >= 11 is 7.21. The number of halogens is 3. The first kappa shape index (κ1) is 24.7. The third-order valence-corrected chi connectivity index (χ3v) is 8.20. The van der Waals surface area contributed by atoms with Crippen LogP contribution in [-0.2, 0) is 14.8 Å². The molecule has 1 fully saturated rings. The van der Waals surface area contributed by atoms with Crippen LogP contribution in [0.3, 0.4) is 0 Å². The number of sulfonamides is 1. The van der Waals surface area contributed by atoms with Crippen molar-refractivity contribution in [2.45, 2.75) is 31.0 Å². The molecule has 2 aromatic carbocycles. The van der Waals surface area contributed by atoms with E-state index < -0.39 is 27.6 Å². The minimum Gasteiger partial charge on any atom is -0.373 e. The van der Waals surface area contributed by atoms with Gasteiger partial charge in [0.05, 0.1) is 22.9 Å². The number of amides is 1. The largest absolute Gasteiger partial charge is 0.373 e. The Kier molecular flexibility index (Phi) is 7.02. The Morgan fingerprint density at radius 3 is 2.59 bits per heavy atom. The summed E-state index contributed by atoms with van der Waals surface area (Å²) in [4.78, 5) is 16.8. The van der Waals surface area contributed by atoms with Gasteiger partial charge >= 0.3 is 0 Å². The molecule has 0 aliphatic carbocycles. The van der Waals surface area contributed by atoms with Crippen molar-refractivity contribution in [3.63, 3.8) is 0 Å². The predicted molar refractivity (Wildman–Crippen MR) is 126 cm³/mol. The maximum atomic E-state index is 14.0. The minimum absolute atomic E-state index is 0.0125. The smallest absolute Gasteiger partial charge is 0.257 e. The van der Waals surface area contributed by atoms with Crippen LogP contribution in [0.25, 0.3) is 11.3 Å². The summed E-state index contributed by atoms with van der Waals surface area (Å²) < 4.78 is 60.8. The number of benzene rings is 2. The molecule has 1 aliphatic rings. The van der Waals surface area contributed by atoms with Gasteiger partial charge in [0.25, 0.3) is 5.91 Å². The van der Waals surface area contributed by atoms with E-state index in [1.165, 1.54) is 27.9 Å². The maximum Gasteiger partial charge on any atom is 0.257 e. The lowest BCUT2D eigenvalue weighted by Crippen LogP contribution is -2.48. The molecule has 34 heavy (non-hydrogen) atoms. The average Bonchev–Trinajstić information content (AvgIpc) is 3.23. The van der Waals surface area contributed by atoms with Gasteiger partial charge in [0, 0.05) is 29.6 Å². The molecule has 0 radical (unpaired) electrons. The Morgan fingerprint density at radius 2 is 1.88 bits per heavy atom. The van der Waals surface area contributed by atoms with Crippen molar-refractivity contribution in [3.05, 3.63) is 64.0 Å². The first-order valence-electron chi connectivity index (χ1n) is 10.2. The fourth-order valence-corrected chi connectivity index (χ4v) is 6.42. The van der Waals surface area contributed by atoms with Crippen LogP contribution in [0.4, 0.5) is 13.9 Å². The SMILES string of the molecule is CC1CN(S(=O)(=O)c2cc(C(=O)Nc3nc(-c4cc(F)ccc4F)cs3)ccc2Cl)CC(C)O1. The highest BCUT2D eigenvalue weighted by atomic mass is 35.5. The monoisotopic (exact) mass is 527 g/mol. The van der Waals surface area contributed by atoms with Crippen molar-refractivity contribution in [2.24, 2.45) is 0 Å². The number of nitrogens with one attached hydrogen (secondary N) is 1.